The fourth-order valence-corrected chi connectivity index (χ4v) is 8.35. The van der Waals surface area contributed by atoms with Gasteiger partial charge in [0.05, 0.1) is 26.0 Å². The van der Waals surface area contributed by atoms with Crippen LogP contribution in [0.4, 0.5) is 0 Å². The van der Waals surface area contributed by atoms with Crippen LogP contribution in [0.3, 0.4) is 0 Å². The summed E-state index contributed by atoms with van der Waals surface area (Å²) in [5, 5.41) is 25.5. The van der Waals surface area contributed by atoms with E-state index in [2.05, 4.69) is 10.6 Å². The molecule has 6 unspecified atom stereocenters. The number of fused-ring (bicyclic) bond motifs is 4. The first kappa shape index (κ1) is 37.5. The van der Waals surface area contributed by atoms with E-state index >= 15 is 0 Å². The topological polar surface area (TPSA) is 165 Å². The standard InChI is InChI=1S/C43H43N3O10/c47-19-18-44-39(49)31-12-8-10-29(24-31)26-45-41(51)42-25-34-35-36(55-43(54-35,32-13-3-1-4-14-32)33-15-5-2-6-16-33)38(42)56-46(37(42)40(50)53-34)27-30-11-7-9-28(23-30)17-21-52-22-20-48/h1-17,21,23-24,34-38,47-48H,18-20,22,25-27H2,(H,44,49)(H,45,51). The van der Waals surface area contributed by atoms with Crippen LogP contribution >= 0.6 is 0 Å². The Balaban J connectivity index is 1.15. The second kappa shape index (κ2) is 16.0. The highest BCUT2D eigenvalue weighted by atomic mass is 16.8. The van der Waals surface area contributed by atoms with Gasteiger partial charge in [-0.25, -0.2) is 0 Å². The number of carbonyl (C=O) groups is 3. The summed E-state index contributed by atoms with van der Waals surface area (Å²) < 4.78 is 25.5. The molecular weight excluding hydrogens is 718 g/mol. The fraction of sp³-hybridized carbons (Fsp3) is 0.326. The lowest BCUT2D eigenvalue weighted by atomic mass is 9.62. The molecule has 0 aromatic heterocycles. The van der Waals surface area contributed by atoms with Crippen molar-refractivity contribution in [2.45, 2.75) is 55.8 Å². The molecule has 0 radical (unpaired) electrons. The highest BCUT2D eigenvalue weighted by Gasteiger charge is 2.76. The molecule has 8 rings (SSSR count). The van der Waals surface area contributed by atoms with E-state index in [0.29, 0.717) is 11.1 Å². The van der Waals surface area contributed by atoms with Crippen LogP contribution in [-0.2, 0) is 52.3 Å². The molecule has 1 saturated carbocycles. The van der Waals surface area contributed by atoms with Crippen molar-refractivity contribution in [3.8, 4) is 0 Å². The molecule has 13 nitrogen and oxygen atoms in total. The quantitative estimate of drug-likeness (QED) is 0.0848. The van der Waals surface area contributed by atoms with Crippen LogP contribution in [0.5, 0.6) is 0 Å². The summed E-state index contributed by atoms with van der Waals surface area (Å²) in [5.74, 6) is -2.75. The number of amides is 2. The lowest BCUT2D eigenvalue weighted by Crippen LogP contribution is -2.69. The van der Waals surface area contributed by atoms with Crippen molar-refractivity contribution in [2.24, 2.45) is 5.41 Å². The first-order chi connectivity index (χ1) is 27.4. The van der Waals surface area contributed by atoms with Gasteiger partial charge in [-0.05, 0) is 34.9 Å². The lowest BCUT2D eigenvalue weighted by Gasteiger charge is -2.48. The molecule has 4 aliphatic rings. The van der Waals surface area contributed by atoms with Gasteiger partial charge in [0, 0.05) is 36.2 Å². The number of ether oxygens (including phenoxy) is 4. The van der Waals surface area contributed by atoms with Crippen LogP contribution in [-0.4, -0.2) is 89.9 Å². The predicted octanol–water partition coefficient (Wildman–Crippen LogP) is 3.19. The van der Waals surface area contributed by atoms with Gasteiger partial charge in [-0.15, -0.1) is 0 Å². The minimum atomic E-state index is -1.44. The number of hydrogen-bond donors (Lipinski definition) is 4. The Morgan fingerprint density at radius 1 is 0.839 bits per heavy atom. The third kappa shape index (κ3) is 6.87. The van der Waals surface area contributed by atoms with Crippen LogP contribution in [0.1, 0.15) is 44.6 Å². The van der Waals surface area contributed by atoms with Gasteiger partial charge in [0.15, 0.2) is 6.04 Å². The number of nitrogens with zero attached hydrogens (tertiary/aromatic N) is 1. The van der Waals surface area contributed by atoms with Gasteiger partial charge in [-0.3, -0.25) is 19.2 Å². The summed E-state index contributed by atoms with van der Waals surface area (Å²) in [6, 6.07) is 32.4. The number of rotatable bonds is 14. The monoisotopic (exact) mass is 761 g/mol. The zero-order valence-electron chi connectivity index (χ0n) is 30.5. The van der Waals surface area contributed by atoms with Crippen LogP contribution < -0.4 is 10.6 Å². The maximum Gasteiger partial charge on any atom is 0.327 e. The van der Waals surface area contributed by atoms with E-state index in [-0.39, 0.29) is 51.8 Å². The van der Waals surface area contributed by atoms with E-state index in [1.807, 2.05) is 84.9 Å². The summed E-state index contributed by atoms with van der Waals surface area (Å²) in [4.78, 5) is 48.6. The third-order valence-electron chi connectivity index (χ3n) is 10.8. The third-order valence-corrected chi connectivity index (χ3v) is 10.8. The summed E-state index contributed by atoms with van der Waals surface area (Å²) in [5.41, 5.74) is 2.71. The van der Waals surface area contributed by atoms with Gasteiger partial charge in [-0.1, -0.05) is 97.1 Å². The summed E-state index contributed by atoms with van der Waals surface area (Å²) in [6.07, 6.45) is 0.00898. The Labute approximate surface area is 323 Å². The van der Waals surface area contributed by atoms with Gasteiger partial charge in [0.25, 0.3) is 5.91 Å². The zero-order valence-corrected chi connectivity index (χ0v) is 30.5. The first-order valence-electron chi connectivity index (χ1n) is 18.7. The van der Waals surface area contributed by atoms with Crippen molar-refractivity contribution in [2.75, 3.05) is 26.4 Å². The highest BCUT2D eigenvalue weighted by molar-refractivity contribution is 5.95. The Morgan fingerprint density at radius 2 is 1.55 bits per heavy atom. The molecule has 13 heteroatoms. The van der Waals surface area contributed by atoms with E-state index in [4.69, 9.17) is 34.0 Å². The maximum absolute atomic E-state index is 14.9. The Hall–Kier alpha value is -5.41. The van der Waals surface area contributed by atoms with Gasteiger partial charge >= 0.3 is 5.97 Å². The van der Waals surface area contributed by atoms with Crippen molar-refractivity contribution in [1.29, 1.82) is 0 Å². The van der Waals surface area contributed by atoms with Crippen LogP contribution in [0.2, 0.25) is 0 Å². The van der Waals surface area contributed by atoms with Crippen LogP contribution in [0.25, 0.3) is 6.08 Å². The number of benzene rings is 4. The average molecular weight is 762 g/mol. The van der Waals surface area contributed by atoms with E-state index in [1.54, 1.807) is 30.3 Å². The summed E-state index contributed by atoms with van der Waals surface area (Å²) >= 11 is 0. The van der Waals surface area contributed by atoms with Crippen LogP contribution in [0, 0.1) is 5.41 Å². The largest absolute Gasteiger partial charge is 0.499 e. The van der Waals surface area contributed by atoms with Crippen molar-refractivity contribution in [3.05, 3.63) is 149 Å². The smallest absolute Gasteiger partial charge is 0.327 e. The number of esters is 1. The van der Waals surface area contributed by atoms with Crippen molar-refractivity contribution in [1.82, 2.24) is 15.7 Å². The number of aliphatic hydroxyl groups excluding tert-OH is 2. The molecule has 4 aromatic rings. The molecule has 3 heterocycles. The minimum Gasteiger partial charge on any atom is -0.499 e. The second-order valence-corrected chi connectivity index (χ2v) is 14.2. The van der Waals surface area contributed by atoms with E-state index in [9.17, 15) is 14.4 Å². The molecule has 1 aliphatic carbocycles. The van der Waals surface area contributed by atoms with Gasteiger partial charge < -0.3 is 39.8 Å². The molecule has 3 aliphatic heterocycles. The van der Waals surface area contributed by atoms with Gasteiger partial charge in [0.1, 0.15) is 36.4 Å². The molecular formula is C43H43N3O10. The number of hydroxylamine groups is 2. The van der Waals surface area contributed by atoms with Crippen molar-refractivity contribution in [3.63, 3.8) is 0 Å². The highest BCUT2D eigenvalue weighted by Crippen LogP contribution is 2.59. The van der Waals surface area contributed by atoms with Crippen LogP contribution in [0.15, 0.2) is 115 Å². The van der Waals surface area contributed by atoms with Gasteiger partial charge in [0.2, 0.25) is 11.7 Å². The molecule has 3 saturated heterocycles. The molecule has 0 spiro atoms. The fourth-order valence-electron chi connectivity index (χ4n) is 8.35. The van der Waals surface area contributed by atoms with E-state index in [1.165, 1.54) is 11.3 Å². The maximum atomic E-state index is 14.9. The summed E-state index contributed by atoms with van der Waals surface area (Å²) in [7, 11) is 0. The van der Waals surface area contributed by atoms with E-state index < -0.39 is 53.5 Å². The normalized spacial score (nSPS) is 26.0. The molecule has 290 valence electrons. The second-order valence-electron chi connectivity index (χ2n) is 14.2. The first-order valence-corrected chi connectivity index (χ1v) is 18.7. The Bertz CT molecular complexity index is 2040. The molecule has 6 atom stereocenters. The lowest BCUT2D eigenvalue weighted by molar-refractivity contribution is -0.213. The van der Waals surface area contributed by atoms with Gasteiger partial charge in [-0.2, -0.15) is 5.06 Å². The zero-order chi connectivity index (χ0) is 38.7. The molecule has 2 bridgehead atoms. The molecule has 2 amide bonds. The number of carbonyl (C=O) groups excluding carboxylic acids is 3. The molecule has 4 fully saturated rings. The number of aliphatic hydroxyl groups is 2. The average Bonchev–Trinajstić information content (AvgIpc) is 3.81. The summed E-state index contributed by atoms with van der Waals surface area (Å²) in [6.45, 7) is 0.199. The number of hydrogen-bond acceptors (Lipinski definition) is 11. The molecule has 4 aromatic carbocycles. The SMILES string of the molecule is O=C(NCCO)c1cccc(CNC(=O)C23CC4OC(=O)C2N(Cc2cccc(C=COCCO)c2)OC3C2OC(c3ccccc3)(c3ccccc3)OC42)c1. The van der Waals surface area contributed by atoms with E-state index in [0.717, 1.165) is 22.3 Å². The van der Waals surface area contributed by atoms with Crippen molar-refractivity contribution >= 4 is 23.9 Å². The Kier molecular flexibility index (Phi) is 10.7. The number of nitrogens with one attached hydrogen (secondary N) is 2. The minimum absolute atomic E-state index is 0.0665. The Morgan fingerprint density at radius 3 is 2.29 bits per heavy atom. The molecule has 4 N–H and O–H groups in total. The molecule has 56 heavy (non-hydrogen) atoms. The van der Waals surface area contributed by atoms with Crippen molar-refractivity contribution < 1.29 is 48.4 Å². The predicted molar refractivity (Wildman–Crippen MR) is 201 cm³/mol.